The summed E-state index contributed by atoms with van der Waals surface area (Å²) in [7, 11) is 3.92. The highest BCUT2D eigenvalue weighted by atomic mass is 15.2. The van der Waals surface area contributed by atoms with Gasteiger partial charge in [0, 0.05) is 45.0 Å². The monoisotopic (exact) mass is 243 g/mol. The summed E-state index contributed by atoms with van der Waals surface area (Å²) in [6, 6.07) is 7.87. The van der Waals surface area contributed by atoms with E-state index in [1.165, 1.54) is 0 Å². The summed E-state index contributed by atoms with van der Waals surface area (Å²) in [5, 5.41) is 3.27. The van der Waals surface area contributed by atoms with Crippen molar-refractivity contribution in [2.45, 2.75) is 6.42 Å². The van der Waals surface area contributed by atoms with Crippen LogP contribution in [-0.2, 0) is 6.42 Å². The van der Waals surface area contributed by atoms with Gasteiger partial charge >= 0.3 is 0 Å². The summed E-state index contributed by atoms with van der Waals surface area (Å²) in [5.74, 6) is 1.73. The van der Waals surface area contributed by atoms with Gasteiger partial charge in [-0.1, -0.05) is 6.07 Å². The molecule has 5 heteroatoms. The van der Waals surface area contributed by atoms with Crippen LogP contribution in [0, 0.1) is 0 Å². The average Bonchev–Trinajstić information content (AvgIpc) is 2.40. The minimum absolute atomic E-state index is 0.806. The lowest BCUT2D eigenvalue weighted by atomic mass is 10.3. The largest absolute Gasteiger partial charge is 0.370 e. The molecule has 0 aliphatic rings. The van der Waals surface area contributed by atoms with Crippen LogP contribution in [0.25, 0.3) is 0 Å². The van der Waals surface area contributed by atoms with E-state index in [-0.39, 0.29) is 0 Å². The maximum atomic E-state index is 4.27. The van der Waals surface area contributed by atoms with E-state index in [1.807, 2.05) is 49.5 Å². The minimum atomic E-state index is 0.806. The smallest absolute Gasteiger partial charge is 0.133 e. The lowest BCUT2D eigenvalue weighted by Gasteiger charge is -2.12. The second-order valence-corrected chi connectivity index (χ2v) is 4.15. The predicted octanol–water partition coefficient (Wildman–Crippen LogP) is 1.59. The van der Waals surface area contributed by atoms with Crippen LogP contribution in [0.2, 0.25) is 0 Å². The van der Waals surface area contributed by atoms with E-state index in [0.717, 1.165) is 30.3 Å². The van der Waals surface area contributed by atoms with Crippen LogP contribution in [0.1, 0.15) is 5.69 Å². The maximum absolute atomic E-state index is 4.27. The molecule has 0 amide bonds. The van der Waals surface area contributed by atoms with Crippen molar-refractivity contribution in [3.8, 4) is 0 Å². The van der Waals surface area contributed by atoms with Crippen molar-refractivity contribution in [2.24, 2.45) is 0 Å². The van der Waals surface area contributed by atoms with Crippen molar-refractivity contribution < 1.29 is 0 Å². The standard InChI is InChI=1S/C13H17N5/c1-18(2)13-9-12(16-10-17-13)15-8-6-11-5-3-4-7-14-11/h3-5,7,9-10H,6,8H2,1-2H3,(H,15,16,17). The summed E-state index contributed by atoms with van der Waals surface area (Å²) in [5.41, 5.74) is 1.08. The van der Waals surface area contributed by atoms with Gasteiger partial charge in [0.05, 0.1) is 0 Å². The van der Waals surface area contributed by atoms with E-state index in [1.54, 1.807) is 6.33 Å². The predicted molar refractivity (Wildman–Crippen MR) is 72.8 cm³/mol. The Bertz CT molecular complexity index is 484. The Hall–Kier alpha value is -2.17. The summed E-state index contributed by atoms with van der Waals surface area (Å²) >= 11 is 0. The molecule has 0 unspecified atom stereocenters. The third-order valence-electron chi connectivity index (χ3n) is 2.52. The van der Waals surface area contributed by atoms with Gasteiger partial charge in [0.2, 0.25) is 0 Å². The molecule has 2 aromatic rings. The topological polar surface area (TPSA) is 53.9 Å². The van der Waals surface area contributed by atoms with Crippen LogP contribution >= 0.6 is 0 Å². The minimum Gasteiger partial charge on any atom is -0.370 e. The molecule has 5 nitrogen and oxygen atoms in total. The maximum Gasteiger partial charge on any atom is 0.133 e. The quantitative estimate of drug-likeness (QED) is 0.864. The van der Waals surface area contributed by atoms with Gasteiger partial charge in [0.25, 0.3) is 0 Å². The summed E-state index contributed by atoms with van der Waals surface area (Å²) in [4.78, 5) is 14.6. The molecule has 0 aromatic carbocycles. The Morgan fingerprint density at radius 1 is 1.17 bits per heavy atom. The molecule has 0 saturated carbocycles. The number of nitrogens with one attached hydrogen (secondary N) is 1. The van der Waals surface area contributed by atoms with E-state index in [0.29, 0.717) is 0 Å². The van der Waals surface area contributed by atoms with Gasteiger partial charge in [-0.25, -0.2) is 9.97 Å². The molecule has 0 spiro atoms. The van der Waals surface area contributed by atoms with Crippen molar-refractivity contribution in [2.75, 3.05) is 30.9 Å². The lowest BCUT2D eigenvalue weighted by Crippen LogP contribution is -2.12. The van der Waals surface area contributed by atoms with Crippen molar-refractivity contribution in [3.63, 3.8) is 0 Å². The fourth-order valence-electron chi connectivity index (χ4n) is 1.55. The molecule has 18 heavy (non-hydrogen) atoms. The zero-order valence-corrected chi connectivity index (χ0v) is 10.7. The van der Waals surface area contributed by atoms with Gasteiger partial charge in [-0.2, -0.15) is 0 Å². The van der Waals surface area contributed by atoms with Crippen LogP contribution in [0.5, 0.6) is 0 Å². The first-order valence-electron chi connectivity index (χ1n) is 5.89. The van der Waals surface area contributed by atoms with Crippen LogP contribution in [0.15, 0.2) is 36.8 Å². The Morgan fingerprint density at radius 3 is 2.78 bits per heavy atom. The SMILES string of the molecule is CN(C)c1cc(NCCc2ccccn2)ncn1. The van der Waals surface area contributed by atoms with Gasteiger partial charge in [0.15, 0.2) is 0 Å². The molecular formula is C13H17N5. The molecule has 94 valence electrons. The van der Waals surface area contributed by atoms with Gasteiger partial charge in [-0.3, -0.25) is 4.98 Å². The van der Waals surface area contributed by atoms with Gasteiger partial charge in [0.1, 0.15) is 18.0 Å². The third kappa shape index (κ3) is 3.41. The first-order valence-corrected chi connectivity index (χ1v) is 5.89. The lowest BCUT2D eigenvalue weighted by molar-refractivity contribution is 0.947. The molecule has 2 heterocycles. The Balaban J connectivity index is 1.89. The summed E-state index contributed by atoms with van der Waals surface area (Å²) in [6.07, 6.45) is 4.25. The number of aromatic nitrogens is 3. The average molecular weight is 243 g/mol. The number of hydrogen-bond donors (Lipinski definition) is 1. The molecule has 1 N–H and O–H groups in total. The first-order chi connectivity index (χ1) is 8.75. The number of anilines is 2. The number of rotatable bonds is 5. The van der Waals surface area contributed by atoms with Crippen LogP contribution in [0.3, 0.4) is 0 Å². The van der Waals surface area contributed by atoms with E-state index in [9.17, 15) is 0 Å². The summed E-state index contributed by atoms with van der Waals surface area (Å²) < 4.78 is 0. The number of hydrogen-bond acceptors (Lipinski definition) is 5. The third-order valence-corrected chi connectivity index (χ3v) is 2.52. The number of nitrogens with zero attached hydrogens (tertiary/aromatic N) is 4. The van der Waals surface area contributed by atoms with E-state index < -0.39 is 0 Å². The molecule has 2 aromatic heterocycles. The van der Waals surface area contributed by atoms with Crippen LogP contribution in [0.4, 0.5) is 11.6 Å². The van der Waals surface area contributed by atoms with Crippen molar-refractivity contribution in [3.05, 3.63) is 42.5 Å². The molecule has 0 bridgehead atoms. The van der Waals surface area contributed by atoms with E-state index >= 15 is 0 Å². The zero-order valence-electron chi connectivity index (χ0n) is 10.7. The van der Waals surface area contributed by atoms with Crippen LogP contribution in [-0.4, -0.2) is 35.6 Å². The molecule has 0 aliphatic heterocycles. The van der Waals surface area contributed by atoms with Gasteiger partial charge in [-0.15, -0.1) is 0 Å². The molecule has 0 radical (unpaired) electrons. The second-order valence-electron chi connectivity index (χ2n) is 4.15. The Labute approximate surface area is 107 Å². The van der Waals surface area contributed by atoms with Gasteiger partial charge in [-0.05, 0) is 12.1 Å². The van der Waals surface area contributed by atoms with E-state index in [2.05, 4.69) is 20.3 Å². The van der Waals surface area contributed by atoms with Gasteiger partial charge < -0.3 is 10.2 Å². The van der Waals surface area contributed by atoms with Crippen molar-refractivity contribution in [1.29, 1.82) is 0 Å². The zero-order chi connectivity index (χ0) is 12.8. The molecule has 0 fully saturated rings. The van der Waals surface area contributed by atoms with E-state index in [4.69, 9.17) is 0 Å². The molecule has 2 rings (SSSR count). The highest BCUT2D eigenvalue weighted by Gasteiger charge is 2.00. The van der Waals surface area contributed by atoms with Crippen molar-refractivity contribution in [1.82, 2.24) is 15.0 Å². The van der Waals surface area contributed by atoms with Crippen molar-refractivity contribution >= 4 is 11.6 Å². The first kappa shape index (κ1) is 12.3. The highest BCUT2D eigenvalue weighted by Crippen LogP contribution is 2.10. The molecular weight excluding hydrogens is 226 g/mol. The highest BCUT2D eigenvalue weighted by molar-refractivity contribution is 5.47. The summed E-state index contributed by atoms with van der Waals surface area (Å²) in [6.45, 7) is 0.806. The second kappa shape index (κ2) is 5.95. The fraction of sp³-hybridized carbons (Fsp3) is 0.308. The molecule has 0 aliphatic carbocycles. The van der Waals surface area contributed by atoms with Crippen LogP contribution < -0.4 is 10.2 Å². The fourth-order valence-corrected chi connectivity index (χ4v) is 1.55. The normalized spacial score (nSPS) is 10.1. The molecule has 0 saturated heterocycles. The number of pyridine rings is 1. The Kier molecular flexibility index (Phi) is 4.06. The Morgan fingerprint density at radius 2 is 2.06 bits per heavy atom. The molecule has 0 atom stereocenters.